The van der Waals surface area contributed by atoms with E-state index in [1.165, 1.54) is 25.3 Å². The zero-order chi connectivity index (χ0) is 21.2. The molecule has 29 heavy (non-hydrogen) atoms. The fraction of sp³-hybridized carbons (Fsp3) is 0.696. The summed E-state index contributed by atoms with van der Waals surface area (Å²) in [6, 6.07) is 4.43. The first-order valence-electron chi connectivity index (χ1n) is 10.5. The number of rotatable bonds is 4. The number of benzene rings is 1. The van der Waals surface area contributed by atoms with Crippen LogP contribution in [-0.4, -0.2) is 46.7 Å². The van der Waals surface area contributed by atoms with Crippen molar-refractivity contribution >= 4 is 5.97 Å². The summed E-state index contributed by atoms with van der Waals surface area (Å²) < 4.78 is 17.2. The molecule has 0 unspecified atom stereocenters. The van der Waals surface area contributed by atoms with E-state index in [4.69, 9.17) is 14.2 Å². The molecule has 0 amide bonds. The summed E-state index contributed by atoms with van der Waals surface area (Å²) in [7, 11) is 1.44. The van der Waals surface area contributed by atoms with E-state index in [9.17, 15) is 15.0 Å². The highest BCUT2D eigenvalue weighted by Gasteiger charge is 2.68. The smallest absolute Gasteiger partial charge is 0.338 e. The first-order chi connectivity index (χ1) is 13.5. The number of fused-ring (bicyclic) bond motifs is 2. The van der Waals surface area contributed by atoms with Crippen molar-refractivity contribution in [3.8, 4) is 11.5 Å². The molecule has 1 aromatic rings. The standard InChI is InChI=1S/C23H32O6/c1-13(2)23(26)9-8-21(3)12-18-22(4,29-18)11-17(19(21)23)28-20(25)14-6-7-15(24)16(10-14)27-5/h6-7,10,13,17-19,24,26H,8-9,11-12H2,1-5H3/t17-,18-,19+,21+,22+,23+/m0/s1. The van der Waals surface area contributed by atoms with E-state index in [0.717, 1.165) is 12.8 Å². The lowest BCUT2D eigenvalue weighted by molar-refractivity contribution is -0.120. The molecule has 0 radical (unpaired) electrons. The Bertz CT molecular complexity index is 822. The summed E-state index contributed by atoms with van der Waals surface area (Å²) in [5, 5.41) is 21.4. The number of epoxide rings is 1. The van der Waals surface area contributed by atoms with E-state index in [1.54, 1.807) is 0 Å². The number of carbonyl (C=O) groups excluding carboxylic acids is 1. The second-order valence-corrected chi connectivity index (χ2v) is 9.94. The minimum Gasteiger partial charge on any atom is -0.504 e. The lowest BCUT2D eigenvalue weighted by atomic mass is 9.67. The Balaban J connectivity index is 1.67. The Labute approximate surface area is 172 Å². The van der Waals surface area contributed by atoms with E-state index >= 15 is 0 Å². The van der Waals surface area contributed by atoms with Gasteiger partial charge in [-0.15, -0.1) is 0 Å². The molecule has 2 N–H and O–H groups in total. The summed E-state index contributed by atoms with van der Waals surface area (Å²) in [5.41, 5.74) is -1.01. The van der Waals surface area contributed by atoms with Crippen LogP contribution in [0.1, 0.15) is 63.7 Å². The van der Waals surface area contributed by atoms with Crippen LogP contribution in [0.25, 0.3) is 0 Å². The molecule has 0 bridgehead atoms. The van der Waals surface area contributed by atoms with Gasteiger partial charge in [-0.2, -0.15) is 0 Å². The van der Waals surface area contributed by atoms with Crippen LogP contribution in [0.15, 0.2) is 18.2 Å². The molecule has 2 saturated carbocycles. The predicted octanol–water partition coefficient (Wildman–Crippen LogP) is 3.68. The summed E-state index contributed by atoms with van der Waals surface area (Å²) in [4.78, 5) is 13.0. The third-order valence-corrected chi connectivity index (χ3v) is 7.72. The highest BCUT2D eigenvalue weighted by molar-refractivity contribution is 5.90. The quantitative estimate of drug-likeness (QED) is 0.588. The Morgan fingerprint density at radius 3 is 2.62 bits per heavy atom. The molecule has 1 heterocycles. The molecule has 6 nitrogen and oxygen atoms in total. The van der Waals surface area contributed by atoms with Gasteiger partial charge >= 0.3 is 5.97 Å². The molecular weight excluding hydrogens is 372 g/mol. The van der Waals surface area contributed by atoms with Crippen LogP contribution in [0.4, 0.5) is 0 Å². The molecule has 6 heteroatoms. The molecule has 1 saturated heterocycles. The average molecular weight is 405 g/mol. The summed E-state index contributed by atoms with van der Waals surface area (Å²) in [6.07, 6.45) is 2.76. The molecule has 4 rings (SSSR count). The van der Waals surface area contributed by atoms with Gasteiger partial charge in [0.2, 0.25) is 0 Å². The van der Waals surface area contributed by atoms with Gasteiger partial charge in [0.25, 0.3) is 0 Å². The van der Waals surface area contributed by atoms with Crippen molar-refractivity contribution in [2.45, 2.75) is 76.8 Å². The number of carbonyl (C=O) groups is 1. The van der Waals surface area contributed by atoms with Gasteiger partial charge < -0.3 is 24.4 Å². The molecule has 0 spiro atoms. The maximum atomic E-state index is 13.0. The van der Waals surface area contributed by atoms with Crippen LogP contribution in [-0.2, 0) is 9.47 Å². The van der Waals surface area contributed by atoms with Crippen LogP contribution in [0.3, 0.4) is 0 Å². The largest absolute Gasteiger partial charge is 0.504 e. The van der Waals surface area contributed by atoms with Gasteiger partial charge in [-0.1, -0.05) is 20.8 Å². The topological polar surface area (TPSA) is 88.5 Å². The van der Waals surface area contributed by atoms with Crippen molar-refractivity contribution in [3.63, 3.8) is 0 Å². The van der Waals surface area contributed by atoms with Crippen LogP contribution in [0, 0.1) is 17.3 Å². The van der Waals surface area contributed by atoms with Crippen LogP contribution < -0.4 is 4.74 Å². The van der Waals surface area contributed by atoms with E-state index in [2.05, 4.69) is 13.8 Å². The number of ether oxygens (including phenoxy) is 3. The maximum Gasteiger partial charge on any atom is 0.338 e. The molecule has 3 aliphatic rings. The normalized spacial score (nSPS) is 40.7. The number of hydrogen-bond donors (Lipinski definition) is 2. The van der Waals surface area contributed by atoms with E-state index in [1.807, 2.05) is 13.8 Å². The summed E-state index contributed by atoms with van der Waals surface area (Å²) in [6.45, 7) is 8.36. The molecule has 160 valence electrons. The predicted molar refractivity (Wildman–Crippen MR) is 107 cm³/mol. The Kier molecular flexibility index (Phi) is 4.67. The summed E-state index contributed by atoms with van der Waals surface area (Å²) >= 11 is 0. The number of phenols is 1. The molecule has 1 aliphatic heterocycles. The zero-order valence-corrected chi connectivity index (χ0v) is 17.9. The van der Waals surface area contributed by atoms with Gasteiger partial charge in [0, 0.05) is 12.3 Å². The number of phenolic OH excluding ortho intramolecular Hbond substituents is 1. The van der Waals surface area contributed by atoms with Crippen LogP contribution in [0.5, 0.6) is 11.5 Å². The van der Waals surface area contributed by atoms with Crippen LogP contribution in [0.2, 0.25) is 0 Å². The monoisotopic (exact) mass is 404 g/mol. The van der Waals surface area contributed by atoms with Crippen molar-refractivity contribution in [2.75, 3.05) is 7.11 Å². The maximum absolute atomic E-state index is 13.0. The number of aromatic hydroxyl groups is 1. The second-order valence-electron chi connectivity index (χ2n) is 9.94. The Hall–Kier alpha value is -1.79. The molecule has 3 fully saturated rings. The Morgan fingerprint density at radius 1 is 1.24 bits per heavy atom. The van der Waals surface area contributed by atoms with E-state index < -0.39 is 17.7 Å². The number of esters is 1. The minimum atomic E-state index is -0.876. The molecule has 0 aromatic heterocycles. The fourth-order valence-electron chi connectivity index (χ4n) is 5.84. The Morgan fingerprint density at radius 2 is 1.97 bits per heavy atom. The first-order valence-corrected chi connectivity index (χ1v) is 10.5. The van der Waals surface area contributed by atoms with E-state index in [0.29, 0.717) is 18.4 Å². The van der Waals surface area contributed by atoms with Gasteiger partial charge in [0.1, 0.15) is 6.10 Å². The minimum absolute atomic E-state index is 0.0298. The van der Waals surface area contributed by atoms with Gasteiger partial charge in [-0.3, -0.25) is 0 Å². The highest BCUT2D eigenvalue weighted by atomic mass is 16.6. The second kappa shape index (κ2) is 6.61. The average Bonchev–Trinajstić information content (AvgIpc) is 3.19. The lowest BCUT2D eigenvalue weighted by Crippen LogP contribution is -2.50. The van der Waals surface area contributed by atoms with Crippen molar-refractivity contribution in [2.24, 2.45) is 17.3 Å². The fourth-order valence-corrected chi connectivity index (χ4v) is 5.84. The summed E-state index contributed by atoms with van der Waals surface area (Å²) in [5.74, 6) is -0.366. The highest BCUT2D eigenvalue weighted by Crippen LogP contribution is 2.63. The van der Waals surface area contributed by atoms with Crippen molar-refractivity contribution in [1.29, 1.82) is 0 Å². The van der Waals surface area contributed by atoms with Crippen molar-refractivity contribution in [3.05, 3.63) is 23.8 Å². The van der Waals surface area contributed by atoms with Gasteiger partial charge in [-0.05, 0) is 55.7 Å². The third-order valence-electron chi connectivity index (χ3n) is 7.72. The number of hydrogen-bond acceptors (Lipinski definition) is 6. The molecule has 1 aromatic carbocycles. The number of methoxy groups -OCH3 is 1. The van der Waals surface area contributed by atoms with E-state index in [-0.39, 0.29) is 40.5 Å². The van der Waals surface area contributed by atoms with Crippen molar-refractivity contribution < 1.29 is 29.2 Å². The van der Waals surface area contributed by atoms with Gasteiger partial charge in [-0.25, -0.2) is 4.79 Å². The lowest BCUT2D eigenvalue weighted by Gasteiger charge is -2.44. The molecular formula is C23H32O6. The molecule has 6 atom stereocenters. The van der Waals surface area contributed by atoms with Gasteiger partial charge in [0.15, 0.2) is 11.5 Å². The zero-order valence-electron chi connectivity index (χ0n) is 17.9. The van der Waals surface area contributed by atoms with Crippen LogP contribution >= 0.6 is 0 Å². The first kappa shape index (κ1) is 20.5. The number of aliphatic hydroxyl groups is 1. The third kappa shape index (κ3) is 3.21. The van der Waals surface area contributed by atoms with Gasteiger partial charge in [0.05, 0.1) is 30.0 Å². The molecule has 2 aliphatic carbocycles. The van der Waals surface area contributed by atoms with Crippen molar-refractivity contribution in [1.82, 2.24) is 0 Å². The SMILES string of the molecule is COc1cc(C(=O)O[C@H]2C[C@@]3(C)O[C@H]3C[C@@]3(C)CC[C@@](O)(C(C)C)[C@H]23)ccc1O.